The van der Waals surface area contributed by atoms with E-state index in [1.807, 2.05) is 45.3 Å². The highest BCUT2D eigenvalue weighted by Crippen LogP contribution is 2.49. The van der Waals surface area contributed by atoms with E-state index in [0.717, 1.165) is 6.42 Å². The van der Waals surface area contributed by atoms with Crippen LogP contribution in [0.3, 0.4) is 0 Å². The minimum Gasteiger partial charge on any atom is -0.240 e. The molecular formula is C51H77NS5. The van der Waals surface area contributed by atoms with Gasteiger partial charge in [0.05, 0.1) is 20.1 Å². The summed E-state index contributed by atoms with van der Waals surface area (Å²) in [5.74, 6) is 0. The fraction of sp³-hybridized carbons (Fsp3) is 0.667. The maximum Gasteiger partial charge on any atom is 0.0958 e. The number of thiazole rings is 1. The molecule has 0 N–H and O–H groups in total. The number of hydrogen-bond donors (Lipinski definition) is 0. The van der Waals surface area contributed by atoms with Gasteiger partial charge in [-0.3, -0.25) is 0 Å². The van der Waals surface area contributed by atoms with Crippen LogP contribution in [0.2, 0.25) is 0 Å². The Kier molecular flexibility index (Phi) is 22.0. The van der Waals surface area contributed by atoms with Crippen LogP contribution in [0.15, 0.2) is 24.3 Å². The van der Waals surface area contributed by atoms with Gasteiger partial charge >= 0.3 is 0 Å². The number of nitrogens with zero attached hydrogens (tertiary/aromatic N) is 1. The van der Waals surface area contributed by atoms with Gasteiger partial charge in [0.25, 0.3) is 0 Å². The third-order valence-electron chi connectivity index (χ3n) is 11.9. The molecule has 0 spiro atoms. The highest BCUT2D eigenvalue weighted by molar-refractivity contribution is 7.31. The van der Waals surface area contributed by atoms with Crippen LogP contribution in [-0.2, 0) is 19.3 Å². The molecule has 5 aromatic rings. The Balaban J connectivity index is 1.23. The monoisotopic (exact) mass is 863 g/mol. The highest BCUT2D eigenvalue weighted by atomic mass is 32.1. The number of aryl methyl sites for hydroxylation is 5. The lowest BCUT2D eigenvalue weighted by Crippen LogP contribution is -1.87. The topological polar surface area (TPSA) is 12.9 Å². The van der Waals surface area contributed by atoms with Crippen molar-refractivity contribution in [3.8, 4) is 29.3 Å². The second kappa shape index (κ2) is 26.8. The summed E-state index contributed by atoms with van der Waals surface area (Å²) in [6.45, 7) is 11.6. The first kappa shape index (κ1) is 46.8. The normalized spacial score (nSPS) is 11.9. The summed E-state index contributed by atoms with van der Waals surface area (Å²) in [7, 11) is 0. The summed E-state index contributed by atoms with van der Waals surface area (Å²) in [6.07, 6.45) is 39.5. The first-order valence-electron chi connectivity index (χ1n) is 23.7. The Morgan fingerprint density at radius 1 is 0.386 bits per heavy atom. The van der Waals surface area contributed by atoms with Crippen molar-refractivity contribution in [2.75, 3.05) is 0 Å². The van der Waals surface area contributed by atoms with Crippen molar-refractivity contribution in [1.29, 1.82) is 0 Å². The molecule has 0 radical (unpaired) electrons. The Bertz CT molecular complexity index is 1810. The van der Waals surface area contributed by atoms with Gasteiger partial charge in [-0.1, -0.05) is 168 Å². The third-order valence-corrected chi connectivity index (χ3v) is 18.2. The van der Waals surface area contributed by atoms with Crippen molar-refractivity contribution in [2.45, 2.75) is 221 Å². The number of aromatic nitrogens is 1. The van der Waals surface area contributed by atoms with Crippen LogP contribution in [0.25, 0.3) is 39.5 Å². The van der Waals surface area contributed by atoms with Gasteiger partial charge in [0.15, 0.2) is 0 Å². The van der Waals surface area contributed by atoms with Gasteiger partial charge in [-0.25, -0.2) is 4.98 Å². The Morgan fingerprint density at radius 3 is 1.35 bits per heavy atom. The van der Waals surface area contributed by atoms with E-state index < -0.39 is 0 Å². The van der Waals surface area contributed by atoms with E-state index in [1.54, 1.807) is 11.1 Å². The predicted octanol–water partition coefficient (Wildman–Crippen LogP) is 20.0. The van der Waals surface area contributed by atoms with Crippen LogP contribution in [-0.4, -0.2) is 4.98 Å². The predicted molar refractivity (Wildman–Crippen MR) is 265 cm³/mol. The van der Waals surface area contributed by atoms with Crippen LogP contribution < -0.4 is 0 Å². The summed E-state index contributed by atoms with van der Waals surface area (Å²) >= 11 is 10.1. The van der Waals surface area contributed by atoms with Gasteiger partial charge in [-0.2, -0.15) is 0 Å². The second-order valence-electron chi connectivity index (χ2n) is 17.0. The van der Waals surface area contributed by atoms with Crippen LogP contribution in [0.1, 0.15) is 214 Å². The molecule has 0 atom stereocenters. The zero-order chi connectivity index (χ0) is 40.1. The van der Waals surface area contributed by atoms with Gasteiger partial charge < -0.3 is 0 Å². The first-order chi connectivity index (χ1) is 28.0. The van der Waals surface area contributed by atoms with Crippen LogP contribution in [0, 0.1) is 13.8 Å². The van der Waals surface area contributed by atoms with Crippen LogP contribution >= 0.6 is 56.7 Å². The lowest BCUT2D eigenvalue weighted by atomic mass is 10.0. The molecule has 0 bridgehead atoms. The number of fused-ring (bicyclic) bond motifs is 1. The average molecular weight is 865 g/mol. The molecule has 0 saturated heterocycles. The van der Waals surface area contributed by atoms with Gasteiger partial charge in [-0.05, 0) is 87.8 Å². The molecule has 316 valence electrons. The minimum absolute atomic E-state index is 1.14. The smallest absolute Gasteiger partial charge is 0.0958 e. The summed E-state index contributed by atoms with van der Waals surface area (Å²) in [5.41, 5.74) is 4.43. The second-order valence-corrected chi connectivity index (χ2v) is 22.7. The number of unbranched alkanes of at least 4 members (excludes halogenated alkanes) is 23. The maximum absolute atomic E-state index is 5.24. The summed E-state index contributed by atoms with van der Waals surface area (Å²) in [6, 6.07) is 9.93. The van der Waals surface area contributed by atoms with E-state index in [4.69, 9.17) is 4.98 Å². The van der Waals surface area contributed by atoms with Gasteiger partial charge in [0.2, 0.25) is 0 Å². The van der Waals surface area contributed by atoms with Crippen molar-refractivity contribution in [1.82, 2.24) is 4.98 Å². The summed E-state index contributed by atoms with van der Waals surface area (Å²) < 4.78 is 1.45. The molecule has 5 heterocycles. The molecule has 0 fully saturated rings. The van der Waals surface area contributed by atoms with Crippen molar-refractivity contribution < 1.29 is 0 Å². The fourth-order valence-corrected chi connectivity index (χ4v) is 14.4. The van der Waals surface area contributed by atoms with E-state index in [2.05, 4.69) is 70.2 Å². The van der Waals surface area contributed by atoms with E-state index in [1.165, 1.54) is 234 Å². The summed E-state index contributed by atoms with van der Waals surface area (Å²) in [5, 5.41) is 1.35. The third kappa shape index (κ3) is 15.3. The Hall–Kier alpha value is -1.31. The molecule has 0 aliphatic carbocycles. The molecule has 57 heavy (non-hydrogen) atoms. The molecule has 0 aliphatic rings. The average Bonchev–Trinajstić information content (AvgIpc) is 4.05. The lowest BCUT2D eigenvalue weighted by Gasteiger charge is -2.04. The number of thiophene rings is 4. The van der Waals surface area contributed by atoms with E-state index >= 15 is 0 Å². The quantitative estimate of drug-likeness (QED) is 0.0393. The molecular weight excluding hydrogens is 787 g/mol. The molecule has 0 aromatic carbocycles. The highest BCUT2D eigenvalue weighted by Gasteiger charge is 2.22. The van der Waals surface area contributed by atoms with Gasteiger partial charge in [0, 0.05) is 34.1 Å². The molecule has 0 amide bonds. The first-order valence-corrected chi connectivity index (χ1v) is 27.8. The SMILES string of the molecule is CCCCCCCCCCCCc1cc(-c2ccc(-c3cc(CCCCCCCCCCCC)c(-c4sc(C)c5nc(CCCCCCCC)sc45)s3)s2)sc1C. The fourth-order valence-electron chi connectivity index (χ4n) is 8.34. The van der Waals surface area contributed by atoms with E-state index in [0.29, 0.717) is 0 Å². The molecule has 0 saturated carbocycles. The largest absolute Gasteiger partial charge is 0.240 e. The molecule has 5 rings (SSSR count). The lowest BCUT2D eigenvalue weighted by molar-refractivity contribution is 0.556. The van der Waals surface area contributed by atoms with Crippen molar-refractivity contribution in [3.05, 3.63) is 50.2 Å². The standard InChI is InChI=1S/C51H77NS5/c1-6-9-12-15-18-20-22-24-26-29-32-41-37-45(53-39(41)4)43-35-36-44(55-43)46-38-42(33-30-27-25-23-21-19-16-13-10-7-2)49(56-46)51-50-48(40(5)54-51)52-47(57-50)34-31-28-17-14-11-8-3/h35-38H,6-34H2,1-5H3. The zero-order valence-corrected chi connectivity index (χ0v) is 40.9. The Labute approximate surface area is 369 Å². The zero-order valence-electron chi connectivity index (χ0n) is 36.8. The molecule has 1 nitrogen and oxygen atoms in total. The van der Waals surface area contributed by atoms with Gasteiger partial charge in [-0.15, -0.1) is 56.7 Å². The van der Waals surface area contributed by atoms with Crippen molar-refractivity contribution in [2.24, 2.45) is 0 Å². The van der Waals surface area contributed by atoms with Crippen LogP contribution in [0.5, 0.6) is 0 Å². The summed E-state index contributed by atoms with van der Waals surface area (Å²) in [4.78, 5) is 17.0. The molecule has 0 aliphatic heterocycles. The molecule has 5 aromatic heterocycles. The number of hydrogen-bond acceptors (Lipinski definition) is 6. The van der Waals surface area contributed by atoms with Crippen molar-refractivity contribution in [3.63, 3.8) is 0 Å². The number of rotatable bonds is 32. The molecule has 0 unspecified atom stereocenters. The van der Waals surface area contributed by atoms with E-state index in [9.17, 15) is 0 Å². The van der Waals surface area contributed by atoms with E-state index in [-0.39, 0.29) is 0 Å². The van der Waals surface area contributed by atoms with Crippen molar-refractivity contribution >= 4 is 66.9 Å². The van der Waals surface area contributed by atoms with Gasteiger partial charge in [0.1, 0.15) is 0 Å². The maximum atomic E-state index is 5.24. The Morgan fingerprint density at radius 2 is 0.825 bits per heavy atom. The molecule has 6 heteroatoms. The minimum atomic E-state index is 1.14. The van der Waals surface area contributed by atoms with Crippen LogP contribution in [0.4, 0.5) is 0 Å².